The highest BCUT2D eigenvalue weighted by molar-refractivity contribution is 5.82. The Morgan fingerprint density at radius 3 is 2.74 bits per heavy atom. The van der Waals surface area contributed by atoms with Gasteiger partial charge in [-0.3, -0.25) is 0 Å². The lowest BCUT2D eigenvalue weighted by molar-refractivity contribution is -0.139. The number of rotatable bonds is 4. The standard InChI is InChI=1S/C12H18N4O3/c17-11(18)10(6-9-7-13-8-14-9)15-12(19)16-4-2-1-3-5-16/h7-8,10H,1-6H2,(H,13,14)(H,15,19)(H,17,18)/t10-/m1/s1. The topological polar surface area (TPSA) is 98.3 Å². The zero-order chi connectivity index (χ0) is 13.7. The van der Waals surface area contributed by atoms with Crippen LogP contribution in [0.15, 0.2) is 12.5 Å². The van der Waals surface area contributed by atoms with E-state index < -0.39 is 12.0 Å². The summed E-state index contributed by atoms with van der Waals surface area (Å²) in [5.74, 6) is -1.04. The maximum absolute atomic E-state index is 12.0. The van der Waals surface area contributed by atoms with Crippen molar-refractivity contribution in [3.63, 3.8) is 0 Å². The number of hydrogen-bond acceptors (Lipinski definition) is 3. The van der Waals surface area contributed by atoms with Crippen molar-refractivity contribution >= 4 is 12.0 Å². The normalized spacial score (nSPS) is 16.9. The molecule has 0 aromatic carbocycles. The van der Waals surface area contributed by atoms with E-state index in [0.717, 1.165) is 19.3 Å². The smallest absolute Gasteiger partial charge is 0.326 e. The number of aromatic nitrogens is 2. The van der Waals surface area contributed by atoms with Gasteiger partial charge in [-0.2, -0.15) is 0 Å². The summed E-state index contributed by atoms with van der Waals surface area (Å²) in [5, 5.41) is 11.7. The van der Waals surface area contributed by atoms with E-state index in [4.69, 9.17) is 5.11 Å². The molecule has 0 aliphatic carbocycles. The fraction of sp³-hybridized carbons (Fsp3) is 0.583. The van der Waals surface area contributed by atoms with Crippen LogP contribution in [-0.4, -0.2) is 51.1 Å². The minimum Gasteiger partial charge on any atom is -0.480 e. The molecule has 1 aliphatic heterocycles. The van der Waals surface area contributed by atoms with Crippen molar-refractivity contribution in [1.82, 2.24) is 20.2 Å². The Hall–Kier alpha value is -2.05. The Morgan fingerprint density at radius 2 is 2.16 bits per heavy atom. The molecule has 0 spiro atoms. The van der Waals surface area contributed by atoms with Crippen LogP contribution in [0.5, 0.6) is 0 Å². The molecule has 1 atom stereocenters. The number of urea groups is 1. The van der Waals surface area contributed by atoms with Crippen LogP contribution in [0.1, 0.15) is 25.0 Å². The first-order chi connectivity index (χ1) is 9.16. The average molecular weight is 266 g/mol. The molecule has 1 aromatic heterocycles. The molecule has 19 heavy (non-hydrogen) atoms. The zero-order valence-corrected chi connectivity index (χ0v) is 10.6. The van der Waals surface area contributed by atoms with Gasteiger partial charge in [0.15, 0.2) is 0 Å². The first-order valence-electron chi connectivity index (χ1n) is 6.42. The second-order valence-electron chi connectivity index (χ2n) is 4.67. The van der Waals surface area contributed by atoms with Crippen molar-refractivity contribution in [3.05, 3.63) is 18.2 Å². The molecule has 0 radical (unpaired) electrons. The lowest BCUT2D eigenvalue weighted by Crippen LogP contribution is -2.50. The number of carboxylic acid groups (broad SMARTS) is 1. The van der Waals surface area contributed by atoms with Gasteiger partial charge in [0.05, 0.1) is 6.33 Å². The predicted molar refractivity (Wildman–Crippen MR) is 67.7 cm³/mol. The molecule has 104 valence electrons. The quantitative estimate of drug-likeness (QED) is 0.743. The molecule has 7 nitrogen and oxygen atoms in total. The molecule has 0 saturated carbocycles. The maximum Gasteiger partial charge on any atom is 0.326 e. The van der Waals surface area contributed by atoms with Crippen LogP contribution >= 0.6 is 0 Å². The van der Waals surface area contributed by atoms with Gasteiger partial charge < -0.3 is 20.3 Å². The first-order valence-corrected chi connectivity index (χ1v) is 6.42. The minimum atomic E-state index is -1.04. The van der Waals surface area contributed by atoms with Crippen molar-refractivity contribution in [3.8, 4) is 0 Å². The number of hydrogen-bond donors (Lipinski definition) is 3. The number of imidazole rings is 1. The van der Waals surface area contributed by atoms with Crippen LogP contribution in [0.3, 0.4) is 0 Å². The van der Waals surface area contributed by atoms with E-state index in [1.807, 2.05) is 0 Å². The summed E-state index contributed by atoms with van der Waals surface area (Å²) in [6.07, 6.45) is 6.33. The second-order valence-corrected chi connectivity index (χ2v) is 4.67. The lowest BCUT2D eigenvalue weighted by atomic mass is 10.1. The molecule has 1 fully saturated rings. The Labute approximate surface area is 111 Å². The molecule has 2 rings (SSSR count). The number of likely N-dealkylation sites (tertiary alicyclic amines) is 1. The number of amides is 2. The number of nitrogens with zero attached hydrogens (tertiary/aromatic N) is 2. The number of carbonyl (C=O) groups is 2. The van der Waals surface area contributed by atoms with Gasteiger partial charge in [-0.15, -0.1) is 0 Å². The van der Waals surface area contributed by atoms with Crippen molar-refractivity contribution in [2.45, 2.75) is 31.7 Å². The van der Waals surface area contributed by atoms with Crippen molar-refractivity contribution < 1.29 is 14.7 Å². The molecule has 3 N–H and O–H groups in total. The number of piperidine rings is 1. The molecule has 1 saturated heterocycles. The lowest BCUT2D eigenvalue weighted by Gasteiger charge is -2.28. The third-order valence-corrected chi connectivity index (χ3v) is 3.22. The Kier molecular flexibility index (Phi) is 4.38. The van der Waals surface area contributed by atoms with E-state index in [1.54, 1.807) is 11.1 Å². The molecule has 0 unspecified atom stereocenters. The summed E-state index contributed by atoms with van der Waals surface area (Å²) in [5.41, 5.74) is 0.686. The third-order valence-electron chi connectivity index (χ3n) is 3.22. The van der Waals surface area contributed by atoms with E-state index in [1.165, 1.54) is 6.33 Å². The summed E-state index contributed by atoms with van der Waals surface area (Å²) >= 11 is 0. The summed E-state index contributed by atoms with van der Waals surface area (Å²) in [6, 6.07) is -1.23. The van der Waals surface area contributed by atoms with Crippen LogP contribution in [-0.2, 0) is 11.2 Å². The van der Waals surface area contributed by atoms with Crippen LogP contribution in [0.2, 0.25) is 0 Å². The summed E-state index contributed by atoms with van der Waals surface area (Å²) < 4.78 is 0. The largest absolute Gasteiger partial charge is 0.480 e. The highest BCUT2D eigenvalue weighted by Crippen LogP contribution is 2.09. The number of aromatic amines is 1. The molecular formula is C12H18N4O3. The van der Waals surface area contributed by atoms with E-state index in [9.17, 15) is 9.59 Å². The minimum absolute atomic E-state index is 0.203. The Morgan fingerprint density at radius 1 is 1.42 bits per heavy atom. The number of H-pyrrole nitrogens is 1. The van der Waals surface area contributed by atoms with E-state index in [-0.39, 0.29) is 12.5 Å². The molecule has 7 heteroatoms. The average Bonchev–Trinajstić information content (AvgIpc) is 2.91. The Bertz CT molecular complexity index is 426. The van der Waals surface area contributed by atoms with Gasteiger partial charge in [0.25, 0.3) is 0 Å². The second kappa shape index (κ2) is 6.21. The SMILES string of the molecule is O=C(O)[C@@H](Cc1cnc[nH]1)NC(=O)N1CCCCC1. The van der Waals surface area contributed by atoms with Gasteiger partial charge in [-0.25, -0.2) is 14.6 Å². The Balaban J connectivity index is 1.92. The fourth-order valence-electron chi connectivity index (χ4n) is 2.15. The number of carboxylic acids is 1. The maximum atomic E-state index is 12.0. The number of nitrogens with one attached hydrogen (secondary N) is 2. The number of aliphatic carboxylic acids is 1. The molecule has 1 aromatic rings. The van der Waals surface area contributed by atoms with Crippen molar-refractivity contribution in [2.24, 2.45) is 0 Å². The summed E-state index contributed by atoms with van der Waals surface area (Å²) in [7, 11) is 0. The molecular weight excluding hydrogens is 248 g/mol. The van der Waals surface area contributed by atoms with E-state index in [2.05, 4.69) is 15.3 Å². The third kappa shape index (κ3) is 3.70. The summed E-state index contributed by atoms with van der Waals surface area (Å²) in [4.78, 5) is 31.5. The van der Waals surface area contributed by atoms with Crippen LogP contribution in [0.4, 0.5) is 4.79 Å². The van der Waals surface area contributed by atoms with Crippen molar-refractivity contribution in [1.29, 1.82) is 0 Å². The predicted octanol–water partition coefficient (Wildman–Crippen LogP) is 0.601. The van der Waals surface area contributed by atoms with Gasteiger partial charge in [0.2, 0.25) is 0 Å². The monoisotopic (exact) mass is 266 g/mol. The van der Waals surface area contributed by atoms with Gasteiger partial charge in [0, 0.05) is 31.4 Å². The highest BCUT2D eigenvalue weighted by atomic mass is 16.4. The fourth-order valence-corrected chi connectivity index (χ4v) is 2.15. The van der Waals surface area contributed by atoms with Crippen LogP contribution < -0.4 is 5.32 Å². The van der Waals surface area contributed by atoms with Crippen LogP contribution in [0.25, 0.3) is 0 Å². The van der Waals surface area contributed by atoms with E-state index in [0.29, 0.717) is 18.8 Å². The molecule has 1 aliphatic rings. The van der Waals surface area contributed by atoms with Crippen LogP contribution in [0, 0.1) is 0 Å². The molecule has 0 bridgehead atoms. The highest BCUT2D eigenvalue weighted by Gasteiger charge is 2.24. The van der Waals surface area contributed by atoms with E-state index >= 15 is 0 Å². The summed E-state index contributed by atoms with van der Waals surface area (Å²) in [6.45, 7) is 1.39. The van der Waals surface area contributed by atoms with Gasteiger partial charge >= 0.3 is 12.0 Å². The van der Waals surface area contributed by atoms with Gasteiger partial charge in [-0.1, -0.05) is 0 Å². The first kappa shape index (κ1) is 13.4. The number of carbonyl (C=O) groups excluding carboxylic acids is 1. The van der Waals surface area contributed by atoms with Gasteiger partial charge in [-0.05, 0) is 19.3 Å². The molecule has 2 amide bonds. The zero-order valence-electron chi connectivity index (χ0n) is 10.6. The van der Waals surface area contributed by atoms with Crippen molar-refractivity contribution in [2.75, 3.05) is 13.1 Å². The van der Waals surface area contributed by atoms with Gasteiger partial charge in [0.1, 0.15) is 6.04 Å². The molecule has 2 heterocycles.